The number of ether oxygens (including phenoxy) is 1. The van der Waals surface area contributed by atoms with Crippen LogP contribution in [0.2, 0.25) is 0 Å². The molecule has 0 aliphatic carbocycles. The van der Waals surface area contributed by atoms with Crippen molar-refractivity contribution < 1.29 is 17.9 Å². The molecule has 0 atom stereocenters. The molecule has 112 valence electrons. The SMILES string of the molecule is CCc1ccc(CCc2ccc(OC(F)(F)F)cc2)cc1. The van der Waals surface area contributed by atoms with Crippen LogP contribution in [0.1, 0.15) is 23.6 Å². The number of hydrogen-bond acceptors (Lipinski definition) is 1. The Labute approximate surface area is 122 Å². The monoisotopic (exact) mass is 294 g/mol. The van der Waals surface area contributed by atoms with Crippen LogP contribution in [-0.4, -0.2) is 6.36 Å². The average Bonchev–Trinajstić information content (AvgIpc) is 2.45. The van der Waals surface area contributed by atoms with E-state index in [9.17, 15) is 13.2 Å². The molecule has 0 amide bonds. The Morgan fingerprint density at radius 2 is 1.19 bits per heavy atom. The van der Waals surface area contributed by atoms with Gasteiger partial charge in [-0.2, -0.15) is 0 Å². The van der Waals surface area contributed by atoms with Crippen LogP contribution in [0.5, 0.6) is 5.75 Å². The molecule has 21 heavy (non-hydrogen) atoms. The highest BCUT2D eigenvalue weighted by Crippen LogP contribution is 2.23. The van der Waals surface area contributed by atoms with Gasteiger partial charge in [-0.25, -0.2) is 0 Å². The second-order valence-corrected chi connectivity index (χ2v) is 4.86. The number of halogens is 3. The van der Waals surface area contributed by atoms with Crippen LogP contribution in [0.15, 0.2) is 48.5 Å². The van der Waals surface area contributed by atoms with Gasteiger partial charge in [-0.1, -0.05) is 43.3 Å². The standard InChI is InChI=1S/C17H17F3O/c1-2-13-3-5-14(6-4-13)7-8-15-9-11-16(12-10-15)21-17(18,19)20/h3-6,9-12H,2,7-8H2,1H3. The van der Waals surface area contributed by atoms with Crippen LogP contribution in [-0.2, 0) is 19.3 Å². The van der Waals surface area contributed by atoms with Gasteiger partial charge in [0.05, 0.1) is 0 Å². The maximum Gasteiger partial charge on any atom is 0.573 e. The Morgan fingerprint density at radius 3 is 1.62 bits per heavy atom. The summed E-state index contributed by atoms with van der Waals surface area (Å²) in [5.41, 5.74) is 3.51. The van der Waals surface area contributed by atoms with E-state index in [4.69, 9.17) is 0 Å². The molecule has 0 spiro atoms. The minimum Gasteiger partial charge on any atom is -0.406 e. The number of aryl methyl sites for hydroxylation is 3. The molecule has 2 aromatic carbocycles. The zero-order valence-corrected chi connectivity index (χ0v) is 11.8. The van der Waals surface area contributed by atoms with Gasteiger partial charge < -0.3 is 4.74 Å². The van der Waals surface area contributed by atoms with Crippen molar-refractivity contribution in [1.82, 2.24) is 0 Å². The number of benzene rings is 2. The number of rotatable bonds is 5. The third-order valence-electron chi connectivity index (χ3n) is 3.29. The maximum absolute atomic E-state index is 12.1. The van der Waals surface area contributed by atoms with Crippen LogP contribution >= 0.6 is 0 Å². The molecule has 0 saturated heterocycles. The Balaban J connectivity index is 1.91. The lowest BCUT2D eigenvalue weighted by atomic mass is 10.0. The molecule has 0 heterocycles. The van der Waals surface area contributed by atoms with E-state index in [0.29, 0.717) is 0 Å². The Morgan fingerprint density at radius 1 is 0.762 bits per heavy atom. The largest absolute Gasteiger partial charge is 0.573 e. The lowest BCUT2D eigenvalue weighted by molar-refractivity contribution is -0.274. The van der Waals surface area contributed by atoms with Crippen molar-refractivity contribution in [3.63, 3.8) is 0 Å². The predicted molar refractivity (Wildman–Crippen MR) is 76.4 cm³/mol. The molecule has 2 rings (SSSR count). The molecule has 4 heteroatoms. The number of alkyl halides is 3. The van der Waals surface area contributed by atoms with Crippen LogP contribution < -0.4 is 4.74 Å². The molecule has 0 N–H and O–H groups in total. The summed E-state index contributed by atoms with van der Waals surface area (Å²) < 4.78 is 40.0. The summed E-state index contributed by atoms with van der Waals surface area (Å²) in [7, 11) is 0. The quantitative estimate of drug-likeness (QED) is 0.759. The third-order valence-corrected chi connectivity index (χ3v) is 3.29. The second kappa shape index (κ2) is 6.66. The summed E-state index contributed by atoms with van der Waals surface area (Å²) in [6.45, 7) is 2.11. The van der Waals surface area contributed by atoms with Gasteiger partial charge in [0, 0.05) is 0 Å². The summed E-state index contributed by atoms with van der Waals surface area (Å²) in [5, 5.41) is 0. The first-order chi connectivity index (χ1) is 9.96. The van der Waals surface area contributed by atoms with Gasteiger partial charge in [-0.15, -0.1) is 13.2 Å². The fraction of sp³-hybridized carbons (Fsp3) is 0.294. The van der Waals surface area contributed by atoms with E-state index in [-0.39, 0.29) is 5.75 Å². The highest BCUT2D eigenvalue weighted by atomic mass is 19.4. The minimum atomic E-state index is -4.64. The normalized spacial score (nSPS) is 11.4. The Bertz CT molecular complexity index is 556. The molecule has 0 saturated carbocycles. The van der Waals surface area contributed by atoms with Crippen molar-refractivity contribution in [2.24, 2.45) is 0 Å². The molecule has 0 aromatic heterocycles. The zero-order valence-electron chi connectivity index (χ0n) is 11.8. The van der Waals surface area contributed by atoms with Gasteiger partial charge in [-0.05, 0) is 48.1 Å². The molecule has 0 unspecified atom stereocenters. The smallest absolute Gasteiger partial charge is 0.406 e. The van der Waals surface area contributed by atoms with Gasteiger partial charge in [0.2, 0.25) is 0 Å². The molecule has 1 nitrogen and oxygen atoms in total. The van der Waals surface area contributed by atoms with E-state index < -0.39 is 6.36 Å². The molecular weight excluding hydrogens is 277 g/mol. The van der Waals surface area contributed by atoms with E-state index in [1.54, 1.807) is 12.1 Å². The molecule has 0 fully saturated rings. The van der Waals surface area contributed by atoms with Crippen molar-refractivity contribution in [2.75, 3.05) is 0 Å². The fourth-order valence-corrected chi connectivity index (χ4v) is 2.09. The fourth-order valence-electron chi connectivity index (χ4n) is 2.09. The molecule has 0 bridgehead atoms. The number of hydrogen-bond donors (Lipinski definition) is 0. The molecule has 0 aliphatic rings. The van der Waals surface area contributed by atoms with E-state index in [2.05, 4.69) is 35.9 Å². The van der Waals surface area contributed by atoms with Gasteiger partial charge in [-0.3, -0.25) is 0 Å². The maximum atomic E-state index is 12.1. The summed E-state index contributed by atoms with van der Waals surface area (Å²) in [6.07, 6.45) is -1.97. The summed E-state index contributed by atoms with van der Waals surface area (Å²) in [5.74, 6) is -0.182. The first kappa shape index (κ1) is 15.4. The van der Waals surface area contributed by atoms with Crippen molar-refractivity contribution in [2.45, 2.75) is 32.5 Å². The van der Waals surface area contributed by atoms with Crippen molar-refractivity contribution >= 4 is 0 Å². The van der Waals surface area contributed by atoms with Gasteiger partial charge in [0.15, 0.2) is 0 Å². The topological polar surface area (TPSA) is 9.23 Å². The molecule has 0 aliphatic heterocycles. The van der Waals surface area contributed by atoms with Crippen molar-refractivity contribution in [3.05, 3.63) is 65.2 Å². The first-order valence-electron chi connectivity index (χ1n) is 6.89. The third kappa shape index (κ3) is 5.14. The zero-order chi connectivity index (χ0) is 15.3. The summed E-state index contributed by atoms with van der Waals surface area (Å²) in [4.78, 5) is 0. The predicted octanol–water partition coefficient (Wildman–Crippen LogP) is 4.93. The average molecular weight is 294 g/mol. The van der Waals surface area contributed by atoms with E-state index in [1.165, 1.54) is 23.3 Å². The van der Waals surface area contributed by atoms with E-state index >= 15 is 0 Å². The van der Waals surface area contributed by atoms with Crippen LogP contribution in [0.25, 0.3) is 0 Å². The van der Waals surface area contributed by atoms with E-state index in [0.717, 1.165) is 24.8 Å². The lowest BCUT2D eigenvalue weighted by Gasteiger charge is -2.09. The van der Waals surface area contributed by atoms with Crippen LogP contribution in [0.4, 0.5) is 13.2 Å². The highest BCUT2D eigenvalue weighted by molar-refractivity contribution is 5.29. The Kier molecular flexibility index (Phi) is 4.89. The molecular formula is C17H17F3O. The van der Waals surface area contributed by atoms with Crippen molar-refractivity contribution in [1.29, 1.82) is 0 Å². The van der Waals surface area contributed by atoms with Gasteiger partial charge in [0.25, 0.3) is 0 Å². The van der Waals surface area contributed by atoms with Crippen LogP contribution in [0.3, 0.4) is 0 Å². The lowest BCUT2D eigenvalue weighted by Crippen LogP contribution is -2.17. The minimum absolute atomic E-state index is 0.182. The highest BCUT2D eigenvalue weighted by Gasteiger charge is 2.30. The second-order valence-electron chi connectivity index (χ2n) is 4.86. The van der Waals surface area contributed by atoms with Gasteiger partial charge in [0.1, 0.15) is 5.75 Å². The van der Waals surface area contributed by atoms with E-state index in [1.807, 2.05) is 0 Å². The van der Waals surface area contributed by atoms with Crippen molar-refractivity contribution in [3.8, 4) is 5.75 Å². The molecule has 0 radical (unpaired) electrons. The van der Waals surface area contributed by atoms with Crippen LogP contribution in [0, 0.1) is 0 Å². The Hall–Kier alpha value is -1.97. The molecule has 2 aromatic rings. The van der Waals surface area contributed by atoms with Gasteiger partial charge >= 0.3 is 6.36 Å². The summed E-state index contributed by atoms with van der Waals surface area (Å²) >= 11 is 0. The first-order valence-corrected chi connectivity index (χ1v) is 6.89. The summed E-state index contributed by atoms with van der Waals surface area (Å²) in [6, 6.07) is 14.4.